The largest absolute Gasteiger partial charge is 0.390 e. The molecule has 152 valence electrons. The summed E-state index contributed by atoms with van der Waals surface area (Å²) < 4.78 is 37.5. The molecule has 0 spiro atoms. The number of carbonyl (C=O) groups excluding carboxylic acids is 1. The zero-order chi connectivity index (χ0) is 17.5. The Bertz CT molecular complexity index is 369. The van der Waals surface area contributed by atoms with Crippen LogP contribution in [-0.4, -0.2) is 60.6 Å². The Morgan fingerprint density at radius 1 is 1.08 bits per heavy atom. The highest BCUT2D eigenvalue weighted by Gasteiger charge is 2.31. The number of halogens is 5. The molecular formula is C16H32Cl2F3N3O. The fourth-order valence-electron chi connectivity index (χ4n) is 3.10. The highest BCUT2D eigenvalue weighted by molar-refractivity contribution is 5.85. The fraction of sp³-hybridized carbons (Fsp3) is 0.938. The molecule has 0 unspecified atom stereocenters. The first-order valence-corrected chi connectivity index (χ1v) is 8.59. The van der Waals surface area contributed by atoms with E-state index in [4.69, 9.17) is 5.73 Å². The Kier molecular flexibility index (Phi) is 14.0. The summed E-state index contributed by atoms with van der Waals surface area (Å²) in [5.74, 6) is -0.0758. The van der Waals surface area contributed by atoms with E-state index in [9.17, 15) is 18.0 Å². The molecule has 0 aromatic heterocycles. The van der Waals surface area contributed by atoms with Crippen LogP contribution in [0.5, 0.6) is 0 Å². The van der Waals surface area contributed by atoms with Gasteiger partial charge in [0, 0.05) is 32.1 Å². The lowest BCUT2D eigenvalue weighted by atomic mass is 9.99. The molecule has 0 heterocycles. The van der Waals surface area contributed by atoms with Crippen LogP contribution in [-0.2, 0) is 4.79 Å². The van der Waals surface area contributed by atoms with Gasteiger partial charge >= 0.3 is 6.18 Å². The van der Waals surface area contributed by atoms with E-state index in [1.807, 2.05) is 13.8 Å². The summed E-state index contributed by atoms with van der Waals surface area (Å²) in [7, 11) is 0. The van der Waals surface area contributed by atoms with Gasteiger partial charge in [-0.05, 0) is 31.8 Å². The molecular weight excluding hydrogens is 378 g/mol. The molecule has 0 saturated heterocycles. The topological polar surface area (TPSA) is 49.6 Å². The van der Waals surface area contributed by atoms with Crippen LogP contribution < -0.4 is 5.73 Å². The maximum absolute atomic E-state index is 12.5. The van der Waals surface area contributed by atoms with Gasteiger partial charge in [-0.1, -0.05) is 20.3 Å². The molecule has 1 amide bonds. The summed E-state index contributed by atoms with van der Waals surface area (Å²) >= 11 is 0. The maximum atomic E-state index is 12.5. The van der Waals surface area contributed by atoms with Crippen molar-refractivity contribution in [2.45, 2.75) is 58.2 Å². The van der Waals surface area contributed by atoms with E-state index >= 15 is 0 Å². The number of amides is 1. The van der Waals surface area contributed by atoms with Crippen molar-refractivity contribution in [2.24, 2.45) is 11.7 Å². The van der Waals surface area contributed by atoms with Crippen molar-refractivity contribution in [3.05, 3.63) is 0 Å². The van der Waals surface area contributed by atoms with E-state index in [2.05, 4.69) is 4.90 Å². The number of nitrogens with two attached hydrogens (primary N) is 1. The van der Waals surface area contributed by atoms with Crippen molar-refractivity contribution >= 4 is 30.7 Å². The minimum absolute atomic E-state index is 0. The molecule has 4 nitrogen and oxygen atoms in total. The van der Waals surface area contributed by atoms with Gasteiger partial charge in [0.05, 0.1) is 6.42 Å². The normalized spacial score (nSPS) is 20.1. The fourth-order valence-corrected chi connectivity index (χ4v) is 3.10. The molecule has 1 aliphatic carbocycles. The standard InChI is InChI=1S/C16H30F3N3O.2ClH/c1-3-21(4-2)10-11-22(9-8-16(17,18)19)15(23)12-13-6-5-7-14(13)20;;/h13-14H,3-12,20H2,1-2H3;2*1H/t13-,14+;;/m0../s1. The lowest BCUT2D eigenvalue weighted by Gasteiger charge is -2.28. The van der Waals surface area contributed by atoms with E-state index in [1.165, 1.54) is 4.90 Å². The number of hydrogen-bond acceptors (Lipinski definition) is 3. The minimum atomic E-state index is -4.24. The molecule has 25 heavy (non-hydrogen) atoms. The number of alkyl halides is 3. The van der Waals surface area contributed by atoms with E-state index in [0.29, 0.717) is 13.1 Å². The molecule has 2 N–H and O–H groups in total. The van der Waals surface area contributed by atoms with Gasteiger partial charge in [-0.2, -0.15) is 13.2 Å². The zero-order valence-electron chi connectivity index (χ0n) is 15.1. The van der Waals surface area contributed by atoms with Crippen LogP contribution in [0.4, 0.5) is 13.2 Å². The molecule has 0 aliphatic heterocycles. The van der Waals surface area contributed by atoms with Crippen molar-refractivity contribution in [1.29, 1.82) is 0 Å². The number of carbonyl (C=O) groups is 1. The Labute approximate surface area is 161 Å². The van der Waals surface area contributed by atoms with Crippen molar-refractivity contribution in [1.82, 2.24) is 9.80 Å². The molecule has 0 bridgehead atoms. The molecule has 1 saturated carbocycles. The SMILES string of the molecule is CCN(CC)CCN(CCC(F)(F)F)C(=O)C[C@@H]1CCC[C@H]1N.Cl.Cl. The van der Waals surface area contributed by atoms with Crippen LogP contribution in [0.2, 0.25) is 0 Å². The average molecular weight is 410 g/mol. The highest BCUT2D eigenvalue weighted by atomic mass is 35.5. The number of rotatable bonds is 9. The lowest BCUT2D eigenvalue weighted by molar-refractivity contribution is -0.146. The van der Waals surface area contributed by atoms with Crippen LogP contribution in [0.3, 0.4) is 0 Å². The summed E-state index contributed by atoms with van der Waals surface area (Å²) in [5.41, 5.74) is 5.98. The van der Waals surface area contributed by atoms with Crippen LogP contribution in [0.1, 0.15) is 46.0 Å². The third-order valence-corrected chi connectivity index (χ3v) is 4.75. The predicted molar refractivity (Wildman–Crippen MR) is 99.5 cm³/mol. The number of nitrogens with zero attached hydrogens (tertiary/aromatic N) is 2. The third kappa shape index (κ3) is 10.5. The lowest BCUT2D eigenvalue weighted by Crippen LogP contribution is -2.41. The Morgan fingerprint density at radius 2 is 1.68 bits per heavy atom. The van der Waals surface area contributed by atoms with Crippen molar-refractivity contribution < 1.29 is 18.0 Å². The smallest absolute Gasteiger partial charge is 0.341 e. The molecule has 1 aliphatic rings. The van der Waals surface area contributed by atoms with Gasteiger partial charge in [-0.25, -0.2) is 0 Å². The minimum Gasteiger partial charge on any atom is -0.341 e. The molecule has 2 atom stereocenters. The molecule has 1 rings (SSSR count). The first kappa shape index (κ1) is 27.0. The summed E-state index contributed by atoms with van der Waals surface area (Å²) in [6.07, 6.45) is -2.11. The monoisotopic (exact) mass is 409 g/mol. The second-order valence-corrected chi connectivity index (χ2v) is 6.33. The number of hydrogen-bond donors (Lipinski definition) is 1. The van der Waals surface area contributed by atoms with Crippen LogP contribution >= 0.6 is 24.8 Å². The molecule has 1 fully saturated rings. The van der Waals surface area contributed by atoms with Gasteiger partial charge < -0.3 is 15.5 Å². The van der Waals surface area contributed by atoms with Crippen LogP contribution in [0, 0.1) is 5.92 Å². The number of likely N-dealkylation sites (N-methyl/N-ethyl adjacent to an activating group) is 1. The molecule has 0 radical (unpaired) electrons. The van der Waals surface area contributed by atoms with Crippen molar-refractivity contribution in [3.8, 4) is 0 Å². The quantitative estimate of drug-likeness (QED) is 0.633. The maximum Gasteiger partial charge on any atom is 0.390 e. The van der Waals surface area contributed by atoms with Gasteiger partial charge in [0.2, 0.25) is 5.91 Å². The first-order valence-electron chi connectivity index (χ1n) is 8.59. The van der Waals surface area contributed by atoms with Gasteiger partial charge in [-0.15, -0.1) is 24.8 Å². The van der Waals surface area contributed by atoms with E-state index in [0.717, 1.165) is 32.4 Å². The van der Waals surface area contributed by atoms with Gasteiger partial charge in [-0.3, -0.25) is 4.79 Å². The molecule has 9 heteroatoms. The van der Waals surface area contributed by atoms with Gasteiger partial charge in [0.25, 0.3) is 0 Å². The summed E-state index contributed by atoms with van der Waals surface area (Å²) in [6, 6.07) is 0.00574. The zero-order valence-corrected chi connectivity index (χ0v) is 16.7. The van der Waals surface area contributed by atoms with E-state index < -0.39 is 12.6 Å². The third-order valence-electron chi connectivity index (χ3n) is 4.75. The second-order valence-electron chi connectivity index (χ2n) is 6.33. The van der Waals surface area contributed by atoms with Gasteiger partial charge in [0.1, 0.15) is 0 Å². The van der Waals surface area contributed by atoms with E-state index in [-0.39, 0.29) is 55.6 Å². The van der Waals surface area contributed by atoms with Gasteiger partial charge in [0.15, 0.2) is 0 Å². The molecule has 0 aromatic rings. The predicted octanol–water partition coefficient (Wildman–Crippen LogP) is 3.47. The molecule has 0 aromatic carbocycles. The van der Waals surface area contributed by atoms with E-state index in [1.54, 1.807) is 0 Å². The summed E-state index contributed by atoms with van der Waals surface area (Å²) in [6.45, 7) is 6.35. The highest BCUT2D eigenvalue weighted by Crippen LogP contribution is 2.28. The Morgan fingerprint density at radius 3 is 2.12 bits per heavy atom. The van der Waals surface area contributed by atoms with Crippen molar-refractivity contribution in [3.63, 3.8) is 0 Å². The summed E-state index contributed by atoms with van der Waals surface area (Å²) in [4.78, 5) is 15.9. The van der Waals surface area contributed by atoms with Crippen molar-refractivity contribution in [2.75, 3.05) is 32.7 Å². The first-order chi connectivity index (χ1) is 10.8. The Balaban J connectivity index is 0. The van der Waals surface area contributed by atoms with Crippen LogP contribution in [0.25, 0.3) is 0 Å². The van der Waals surface area contributed by atoms with Crippen LogP contribution in [0.15, 0.2) is 0 Å². The Hall–Kier alpha value is -0.240. The summed E-state index contributed by atoms with van der Waals surface area (Å²) in [5, 5.41) is 0. The average Bonchev–Trinajstić information content (AvgIpc) is 2.87. The second kappa shape index (κ2) is 13.0.